The van der Waals surface area contributed by atoms with Gasteiger partial charge in [-0.2, -0.15) is 0 Å². The first-order valence-corrected chi connectivity index (χ1v) is 9.78. The Morgan fingerprint density at radius 1 is 0.952 bits per heavy atom. The highest BCUT2D eigenvalue weighted by atomic mass is 35.6. The zero-order valence-electron chi connectivity index (χ0n) is 13.3. The van der Waals surface area contributed by atoms with Crippen molar-refractivity contribution in [3.8, 4) is 0 Å². The van der Waals surface area contributed by atoms with Crippen LogP contribution in [0, 0.1) is 0 Å². The van der Waals surface area contributed by atoms with Crippen LogP contribution in [0.4, 0.5) is 0 Å². The van der Waals surface area contributed by atoms with Crippen LogP contribution in [-0.2, 0) is 22.8 Å². The first kappa shape index (κ1) is 21.9. The Labute approximate surface area is 143 Å². The second-order valence-corrected chi connectivity index (χ2v) is 9.45. The maximum atomic E-state index is 6.05. The third-order valence-electron chi connectivity index (χ3n) is 2.87. The van der Waals surface area contributed by atoms with Crippen molar-refractivity contribution in [3.63, 3.8) is 0 Å². The minimum absolute atomic E-state index is 0.320. The third kappa shape index (κ3) is 7.81. The second kappa shape index (κ2) is 9.90. The molecule has 0 aliphatic heterocycles. The molecule has 0 bridgehead atoms. The van der Waals surface area contributed by atoms with Gasteiger partial charge in [0, 0.05) is 20.3 Å². The lowest BCUT2D eigenvalue weighted by molar-refractivity contribution is -0.0651. The molecule has 5 nitrogen and oxygen atoms in total. The lowest BCUT2D eigenvalue weighted by Crippen LogP contribution is -2.58. The summed E-state index contributed by atoms with van der Waals surface area (Å²) in [6, 6.07) is 0. The Hall–Kier alpha value is 0.887. The number of halogens is 3. The van der Waals surface area contributed by atoms with Gasteiger partial charge in [-0.25, -0.2) is 0 Å². The van der Waals surface area contributed by atoms with E-state index >= 15 is 0 Å². The molecule has 3 atom stereocenters. The third-order valence-corrected chi connectivity index (χ3v) is 6.45. The maximum absolute atomic E-state index is 6.05. The van der Waals surface area contributed by atoms with E-state index in [1.165, 1.54) is 0 Å². The Morgan fingerprint density at radius 2 is 1.43 bits per heavy atom. The standard InChI is InChI=1S/C12H25Cl3O5Si/c1-7-17-21(18-8-2,11(5)16-6)20-10(4)9(3)19-12(13,14)15/h9-11H,7-8H2,1-6H3. The van der Waals surface area contributed by atoms with Crippen molar-refractivity contribution < 1.29 is 22.8 Å². The topological polar surface area (TPSA) is 46.2 Å². The minimum Gasteiger partial charge on any atom is -0.377 e. The maximum Gasteiger partial charge on any atom is 0.531 e. The molecule has 0 saturated carbocycles. The van der Waals surface area contributed by atoms with Gasteiger partial charge < -0.3 is 22.8 Å². The van der Waals surface area contributed by atoms with E-state index in [1.807, 2.05) is 27.7 Å². The molecule has 0 rings (SSSR count). The van der Waals surface area contributed by atoms with Crippen LogP contribution in [0.15, 0.2) is 0 Å². The SMILES string of the molecule is CCO[Si](OCC)(OC(C)C(C)OC(Cl)(Cl)Cl)C(C)OC. The molecule has 0 aliphatic carbocycles. The molecular weight excluding hydrogens is 359 g/mol. The molecule has 9 heteroatoms. The average molecular weight is 384 g/mol. The van der Waals surface area contributed by atoms with Crippen molar-refractivity contribution in [1.29, 1.82) is 0 Å². The van der Waals surface area contributed by atoms with Crippen molar-refractivity contribution in [2.24, 2.45) is 0 Å². The number of methoxy groups -OCH3 is 1. The largest absolute Gasteiger partial charge is 0.531 e. The van der Waals surface area contributed by atoms with Gasteiger partial charge in [-0.1, -0.05) is 34.8 Å². The number of ether oxygens (including phenoxy) is 2. The van der Waals surface area contributed by atoms with Crippen LogP contribution < -0.4 is 0 Å². The zero-order chi connectivity index (χ0) is 16.7. The normalized spacial score (nSPS) is 17.6. The summed E-state index contributed by atoms with van der Waals surface area (Å²) in [5, 5.41) is 0. The summed E-state index contributed by atoms with van der Waals surface area (Å²) in [5.74, 6) is 0. The first-order chi connectivity index (χ1) is 9.61. The van der Waals surface area contributed by atoms with Gasteiger partial charge in [0.25, 0.3) is 3.98 Å². The molecule has 0 aliphatic rings. The predicted octanol–water partition coefficient (Wildman–Crippen LogP) is 3.71. The van der Waals surface area contributed by atoms with Crippen LogP contribution in [-0.4, -0.2) is 51.0 Å². The average Bonchev–Trinajstić information content (AvgIpc) is 2.36. The molecule has 0 saturated heterocycles. The fourth-order valence-corrected chi connectivity index (χ4v) is 4.75. The van der Waals surface area contributed by atoms with E-state index in [2.05, 4.69) is 0 Å². The molecule has 0 radical (unpaired) electrons. The van der Waals surface area contributed by atoms with E-state index in [0.717, 1.165) is 0 Å². The van der Waals surface area contributed by atoms with E-state index in [4.69, 9.17) is 57.6 Å². The Morgan fingerprint density at radius 3 is 1.76 bits per heavy atom. The molecular formula is C12H25Cl3O5Si. The van der Waals surface area contributed by atoms with Gasteiger partial charge in [-0.3, -0.25) is 0 Å². The number of hydrogen-bond donors (Lipinski definition) is 0. The molecule has 0 heterocycles. The van der Waals surface area contributed by atoms with Crippen molar-refractivity contribution in [3.05, 3.63) is 0 Å². The highest BCUT2D eigenvalue weighted by molar-refractivity contribution is 6.66. The van der Waals surface area contributed by atoms with Gasteiger partial charge >= 0.3 is 8.80 Å². The molecule has 0 fully saturated rings. The van der Waals surface area contributed by atoms with Crippen molar-refractivity contribution >= 4 is 43.6 Å². The number of hydrogen-bond acceptors (Lipinski definition) is 5. The molecule has 0 aromatic heterocycles. The summed E-state index contributed by atoms with van der Waals surface area (Å²) < 4.78 is 26.5. The Kier molecular flexibility index (Phi) is 10.3. The number of rotatable bonds is 10. The lowest BCUT2D eigenvalue weighted by Gasteiger charge is -2.36. The van der Waals surface area contributed by atoms with Crippen molar-refractivity contribution in [2.45, 2.75) is 56.5 Å². The molecule has 21 heavy (non-hydrogen) atoms. The quantitative estimate of drug-likeness (QED) is 0.425. The summed E-state index contributed by atoms with van der Waals surface area (Å²) >= 11 is 16.9. The molecule has 128 valence electrons. The zero-order valence-corrected chi connectivity index (χ0v) is 16.6. The fourth-order valence-electron chi connectivity index (χ4n) is 1.65. The van der Waals surface area contributed by atoms with E-state index in [9.17, 15) is 0 Å². The van der Waals surface area contributed by atoms with Gasteiger partial charge in [0.05, 0.1) is 12.2 Å². The van der Waals surface area contributed by atoms with Crippen LogP contribution in [0.3, 0.4) is 0 Å². The lowest BCUT2D eigenvalue weighted by atomic mass is 10.3. The fraction of sp³-hybridized carbons (Fsp3) is 1.00. The van der Waals surface area contributed by atoms with Crippen LogP contribution in [0.25, 0.3) is 0 Å². The van der Waals surface area contributed by atoms with Gasteiger partial charge in [-0.15, -0.1) is 0 Å². The molecule has 0 N–H and O–H groups in total. The monoisotopic (exact) mass is 382 g/mol. The van der Waals surface area contributed by atoms with Gasteiger partial charge in [0.2, 0.25) is 0 Å². The number of alkyl halides is 3. The Balaban J connectivity index is 5.01. The van der Waals surface area contributed by atoms with E-state index in [1.54, 1.807) is 14.0 Å². The predicted molar refractivity (Wildman–Crippen MR) is 86.9 cm³/mol. The van der Waals surface area contributed by atoms with Crippen LogP contribution in [0.2, 0.25) is 0 Å². The molecule has 3 unspecified atom stereocenters. The summed E-state index contributed by atoms with van der Waals surface area (Å²) in [6.07, 6.45) is -0.864. The highest BCUT2D eigenvalue weighted by Gasteiger charge is 2.50. The summed E-state index contributed by atoms with van der Waals surface area (Å²) in [4.78, 5) is 0. The van der Waals surface area contributed by atoms with Crippen molar-refractivity contribution in [2.75, 3.05) is 20.3 Å². The van der Waals surface area contributed by atoms with Crippen LogP contribution >= 0.6 is 34.8 Å². The van der Waals surface area contributed by atoms with Gasteiger partial charge in [-0.05, 0) is 34.6 Å². The van der Waals surface area contributed by atoms with E-state index in [0.29, 0.717) is 13.2 Å². The molecule has 0 amide bonds. The van der Waals surface area contributed by atoms with Crippen molar-refractivity contribution in [1.82, 2.24) is 0 Å². The summed E-state index contributed by atoms with van der Waals surface area (Å²) in [5.41, 5.74) is -0.320. The second-order valence-electron chi connectivity index (χ2n) is 4.44. The van der Waals surface area contributed by atoms with Crippen LogP contribution in [0.5, 0.6) is 0 Å². The summed E-state index contributed by atoms with van der Waals surface area (Å²) in [6.45, 7) is 10.1. The van der Waals surface area contributed by atoms with Gasteiger partial charge in [0.15, 0.2) is 0 Å². The van der Waals surface area contributed by atoms with E-state index in [-0.39, 0.29) is 5.73 Å². The molecule has 0 spiro atoms. The smallest absolute Gasteiger partial charge is 0.377 e. The molecule has 0 aromatic carbocycles. The summed E-state index contributed by atoms with van der Waals surface area (Å²) in [7, 11) is -1.45. The minimum atomic E-state index is -3.03. The Bertz CT molecular complexity index is 285. The van der Waals surface area contributed by atoms with Gasteiger partial charge in [0.1, 0.15) is 5.73 Å². The van der Waals surface area contributed by atoms with E-state index < -0.39 is 25.0 Å². The van der Waals surface area contributed by atoms with Crippen LogP contribution in [0.1, 0.15) is 34.6 Å². The highest BCUT2D eigenvalue weighted by Crippen LogP contribution is 2.31. The first-order valence-electron chi connectivity index (χ1n) is 6.84. The molecule has 0 aromatic rings.